The number of hydrogen-bond acceptors (Lipinski definition) is 3. The van der Waals surface area contributed by atoms with Gasteiger partial charge in [-0.15, -0.1) is 11.3 Å². The van der Waals surface area contributed by atoms with Crippen LogP contribution in [-0.4, -0.2) is 18.2 Å². The number of carboxylic acid groups (broad SMARTS) is 1. The van der Waals surface area contributed by atoms with E-state index in [0.29, 0.717) is 26.9 Å². The Balaban J connectivity index is 2.54. The van der Waals surface area contributed by atoms with Crippen molar-refractivity contribution in [3.63, 3.8) is 0 Å². The Morgan fingerprint density at radius 2 is 2.21 bits per heavy atom. The third-order valence-corrected chi connectivity index (χ3v) is 4.04. The molecule has 0 unspecified atom stereocenters. The molecule has 4 nitrogen and oxygen atoms in total. The molecule has 2 rings (SSSR count). The summed E-state index contributed by atoms with van der Waals surface area (Å²) >= 11 is 7.11. The van der Waals surface area contributed by atoms with Crippen LogP contribution in [0.2, 0.25) is 5.02 Å². The number of carbonyl (C=O) groups is 1. The lowest BCUT2D eigenvalue weighted by Gasteiger charge is -2.05. The summed E-state index contributed by atoms with van der Waals surface area (Å²) in [6.45, 7) is 7.10. The fraction of sp³-hybridized carbons (Fsp3) is 0.0769. The van der Waals surface area contributed by atoms with E-state index in [-0.39, 0.29) is 4.88 Å². The van der Waals surface area contributed by atoms with Gasteiger partial charge in [-0.3, -0.25) is 0 Å². The number of halogens is 1. The second kappa shape index (κ2) is 5.31. The van der Waals surface area contributed by atoms with Crippen LogP contribution in [0.3, 0.4) is 0 Å². The predicted octanol–water partition coefficient (Wildman–Crippen LogP) is 4.33. The average Bonchev–Trinajstić information content (AvgIpc) is 2.80. The van der Waals surface area contributed by atoms with E-state index in [1.54, 1.807) is 18.2 Å². The Hall–Kier alpha value is -2.03. The van der Waals surface area contributed by atoms with Crippen molar-refractivity contribution >= 4 is 34.6 Å². The van der Waals surface area contributed by atoms with Crippen molar-refractivity contribution < 1.29 is 14.6 Å². The first-order valence-corrected chi connectivity index (χ1v) is 6.34. The minimum atomic E-state index is -1.02. The number of carboxylic acids is 1. The quantitative estimate of drug-likeness (QED) is 0.857. The average molecular weight is 294 g/mol. The molecular weight excluding hydrogens is 286 g/mol. The van der Waals surface area contributed by atoms with Gasteiger partial charge in [0.15, 0.2) is 0 Å². The van der Waals surface area contributed by atoms with Crippen LogP contribution in [0, 0.1) is 6.57 Å². The Kier molecular flexibility index (Phi) is 3.74. The third-order valence-electron chi connectivity index (χ3n) is 2.46. The predicted molar refractivity (Wildman–Crippen MR) is 74.5 cm³/mol. The van der Waals surface area contributed by atoms with Crippen LogP contribution in [0.1, 0.15) is 9.67 Å². The summed E-state index contributed by atoms with van der Waals surface area (Å²) in [6, 6.07) is 6.46. The zero-order chi connectivity index (χ0) is 14.0. The molecule has 0 fully saturated rings. The molecule has 1 aromatic carbocycles. The van der Waals surface area contributed by atoms with Crippen molar-refractivity contribution in [3.8, 4) is 16.2 Å². The second-order valence-electron chi connectivity index (χ2n) is 3.59. The van der Waals surface area contributed by atoms with Crippen LogP contribution in [0.15, 0.2) is 24.3 Å². The zero-order valence-electron chi connectivity index (χ0n) is 9.81. The summed E-state index contributed by atoms with van der Waals surface area (Å²) in [5, 5.41) is 9.30. The summed E-state index contributed by atoms with van der Waals surface area (Å²) < 4.78 is 5.06. The van der Waals surface area contributed by atoms with Crippen molar-refractivity contribution in [2.75, 3.05) is 7.11 Å². The monoisotopic (exact) mass is 293 g/mol. The maximum atomic E-state index is 10.9. The van der Waals surface area contributed by atoms with Crippen LogP contribution < -0.4 is 4.74 Å². The molecule has 0 saturated carbocycles. The first kappa shape index (κ1) is 13.4. The normalized spacial score (nSPS) is 9.95. The van der Waals surface area contributed by atoms with Gasteiger partial charge < -0.3 is 9.84 Å². The van der Waals surface area contributed by atoms with E-state index >= 15 is 0 Å². The number of hydrogen-bond donors (Lipinski definition) is 1. The van der Waals surface area contributed by atoms with E-state index in [9.17, 15) is 4.79 Å². The zero-order valence-corrected chi connectivity index (χ0v) is 11.4. The van der Waals surface area contributed by atoms with Crippen molar-refractivity contribution in [2.45, 2.75) is 0 Å². The Morgan fingerprint density at radius 3 is 2.74 bits per heavy atom. The highest BCUT2D eigenvalue weighted by Gasteiger charge is 2.15. The largest absolute Gasteiger partial charge is 0.508 e. The molecule has 0 spiro atoms. The van der Waals surface area contributed by atoms with Gasteiger partial charge in [-0.25, -0.2) is 9.64 Å². The van der Waals surface area contributed by atoms with E-state index in [1.807, 2.05) is 0 Å². The molecule has 2 aromatic rings. The molecule has 0 aliphatic heterocycles. The molecule has 0 bridgehead atoms. The number of ether oxygens (including phenoxy) is 1. The number of aromatic carboxylic acids is 1. The summed E-state index contributed by atoms with van der Waals surface area (Å²) in [7, 11) is 1.49. The van der Waals surface area contributed by atoms with E-state index < -0.39 is 5.97 Å². The molecule has 0 aliphatic rings. The summed E-state index contributed by atoms with van der Waals surface area (Å²) in [5.74, 6) is -0.540. The fourth-order valence-electron chi connectivity index (χ4n) is 1.59. The van der Waals surface area contributed by atoms with Crippen molar-refractivity contribution in [3.05, 3.63) is 45.6 Å². The fourth-order valence-corrected chi connectivity index (χ4v) is 2.87. The molecule has 96 valence electrons. The Labute approximate surface area is 118 Å². The molecule has 6 heteroatoms. The molecule has 1 N–H and O–H groups in total. The summed E-state index contributed by atoms with van der Waals surface area (Å²) in [4.78, 5) is 15.1. The second-order valence-corrected chi connectivity index (χ2v) is 5.05. The van der Waals surface area contributed by atoms with Crippen molar-refractivity contribution in [1.82, 2.24) is 0 Å². The maximum Gasteiger partial charge on any atom is 0.345 e. The molecule has 0 saturated heterocycles. The van der Waals surface area contributed by atoms with E-state index in [4.69, 9.17) is 28.0 Å². The van der Waals surface area contributed by atoms with Gasteiger partial charge in [0, 0.05) is 0 Å². The first-order chi connectivity index (χ1) is 9.06. The lowest BCUT2D eigenvalue weighted by Crippen LogP contribution is -1.89. The lowest BCUT2D eigenvalue weighted by molar-refractivity contribution is 0.0702. The van der Waals surface area contributed by atoms with Crippen LogP contribution in [-0.2, 0) is 0 Å². The molecule has 0 atom stereocenters. The van der Waals surface area contributed by atoms with E-state index in [2.05, 4.69) is 4.85 Å². The van der Waals surface area contributed by atoms with Gasteiger partial charge in [-0.2, -0.15) is 0 Å². The van der Waals surface area contributed by atoms with Gasteiger partial charge in [0.25, 0.3) is 0 Å². The van der Waals surface area contributed by atoms with Crippen LogP contribution in [0.4, 0.5) is 5.69 Å². The minimum Gasteiger partial charge on any atom is -0.508 e. The summed E-state index contributed by atoms with van der Waals surface area (Å²) in [5.41, 5.74) is 1.07. The standard InChI is InChI=1S/C13H8ClNO3S/c1-15-9-5-7(3-4-10(9)18-2)12-8(14)6-11(19-12)13(16)17/h3-6H,2H3,(H,16,17). The highest BCUT2D eigenvalue weighted by molar-refractivity contribution is 7.18. The smallest absolute Gasteiger partial charge is 0.345 e. The third kappa shape index (κ3) is 2.55. The molecule has 0 amide bonds. The minimum absolute atomic E-state index is 0.167. The maximum absolute atomic E-state index is 10.9. The highest BCUT2D eigenvalue weighted by Crippen LogP contribution is 2.40. The number of rotatable bonds is 3. The molecule has 1 aromatic heterocycles. The SMILES string of the molecule is [C-]#[N+]c1cc(-c2sc(C(=O)O)cc2Cl)ccc1OC. The van der Waals surface area contributed by atoms with Crippen molar-refractivity contribution in [1.29, 1.82) is 0 Å². The Bertz CT molecular complexity index is 688. The molecule has 0 aliphatic carbocycles. The first-order valence-electron chi connectivity index (χ1n) is 5.15. The number of benzene rings is 1. The van der Waals surface area contributed by atoms with Crippen molar-refractivity contribution in [2.24, 2.45) is 0 Å². The van der Waals surface area contributed by atoms with Gasteiger partial charge in [0.2, 0.25) is 5.69 Å². The highest BCUT2D eigenvalue weighted by atomic mass is 35.5. The molecule has 1 heterocycles. The van der Waals surface area contributed by atoms with Gasteiger partial charge in [0.05, 0.1) is 23.6 Å². The van der Waals surface area contributed by atoms with Crippen LogP contribution >= 0.6 is 22.9 Å². The number of methoxy groups -OCH3 is 1. The number of thiophene rings is 1. The Morgan fingerprint density at radius 1 is 1.47 bits per heavy atom. The lowest BCUT2D eigenvalue weighted by atomic mass is 10.1. The topological polar surface area (TPSA) is 50.9 Å². The van der Waals surface area contributed by atoms with Crippen LogP contribution in [0.25, 0.3) is 15.3 Å². The van der Waals surface area contributed by atoms with Gasteiger partial charge in [0.1, 0.15) is 10.6 Å². The van der Waals surface area contributed by atoms with Gasteiger partial charge >= 0.3 is 5.97 Å². The van der Waals surface area contributed by atoms with Gasteiger partial charge in [-0.05, 0) is 23.8 Å². The molecule has 19 heavy (non-hydrogen) atoms. The molecular formula is C13H8ClNO3S. The van der Waals surface area contributed by atoms with E-state index in [1.165, 1.54) is 13.2 Å². The van der Waals surface area contributed by atoms with E-state index in [0.717, 1.165) is 11.3 Å². The summed E-state index contributed by atoms with van der Waals surface area (Å²) in [6.07, 6.45) is 0. The van der Waals surface area contributed by atoms with Crippen LogP contribution in [0.5, 0.6) is 5.75 Å². The number of nitrogens with zero attached hydrogens (tertiary/aromatic N) is 1. The molecule has 0 radical (unpaired) electrons. The van der Waals surface area contributed by atoms with Gasteiger partial charge in [-0.1, -0.05) is 17.7 Å².